The number of benzene rings is 1. The summed E-state index contributed by atoms with van der Waals surface area (Å²) in [6, 6.07) is 14.0. The van der Waals surface area contributed by atoms with E-state index in [9.17, 15) is 4.79 Å². The molecule has 132 valence electrons. The number of nitrogens with one attached hydrogen (secondary N) is 1. The summed E-state index contributed by atoms with van der Waals surface area (Å²) >= 11 is 1.63. The van der Waals surface area contributed by atoms with Crippen molar-refractivity contribution in [3.8, 4) is 0 Å². The molecule has 1 saturated heterocycles. The summed E-state index contributed by atoms with van der Waals surface area (Å²) < 4.78 is 5.35. The number of carbonyl (C=O) groups excluding carboxylic acids is 1. The third-order valence-corrected chi connectivity index (χ3v) is 5.28. The summed E-state index contributed by atoms with van der Waals surface area (Å²) in [5, 5.41) is 2.82. The molecule has 0 saturated carbocycles. The quantitative estimate of drug-likeness (QED) is 0.860. The van der Waals surface area contributed by atoms with Crippen LogP contribution in [0.4, 0.5) is 11.5 Å². The number of rotatable bonds is 6. The van der Waals surface area contributed by atoms with Gasteiger partial charge in [-0.25, -0.2) is 4.98 Å². The minimum atomic E-state index is -0.126. The number of hydrogen-bond donors (Lipinski definition) is 1. The Balaban J connectivity index is 1.49. The van der Waals surface area contributed by atoms with Crippen LogP contribution in [0.3, 0.4) is 0 Å². The predicted octanol–water partition coefficient (Wildman–Crippen LogP) is 3.18. The number of amides is 1. The molecule has 5 nitrogen and oxygen atoms in total. The smallest absolute Gasteiger partial charge is 0.237 e. The lowest BCUT2D eigenvalue weighted by atomic mass is 10.2. The summed E-state index contributed by atoms with van der Waals surface area (Å²) in [5.74, 6) is 1.75. The summed E-state index contributed by atoms with van der Waals surface area (Å²) in [7, 11) is 0. The molecule has 1 aliphatic rings. The van der Waals surface area contributed by atoms with E-state index in [1.807, 2.05) is 37.3 Å². The zero-order valence-corrected chi connectivity index (χ0v) is 15.2. The van der Waals surface area contributed by atoms with Gasteiger partial charge in [0.1, 0.15) is 5.82 Å². The van der Waals surface area contributed by atoms with E-state index >= 15 is 0 Å². The first-order chi connectivity index (χ1) is 12.2. The summed E-state index contributed by atoms with van der Waals surface area (Å²) in [6.07, 6.45) is 1.72. The van der Waals surface area contributed by atoms with Crippen molar-refractivity contribution in [2.45, 2.75) is 17.9 Å². The molecule has 2 aromatic rings. The Morgan fingerprint density at radius 2 is 2.00 bits per heavy atom. The minimum Gasteiger partial charge on any atom is -0.378 e. The number of hydrogen-bond acceptors (Lipinski definition) is 5. The van der Waals surface area contributed by atoms with Crippen molar-refractivity contribution in [1.29, 1.82) is 0 Å². The van der Waals surface area contributed by atoms with E-state index in [2.05, 4.69) is 27.3 Å². The van der Waals surface area contributed by atoms with E-state index < -0.39 is 0 Å². The molecule has 0 spiro atoms. The molecule has 1 aromatic heterocycles. The maximum Gasteiger partial charge on any atom is 0.237 e. The van der Waals surface area contributed by atoms with Gasteiger partial charge in [0.25, 0.3) is 0 Å². The Hall–Kier alpha value is -2.05. The van der Waals surface area contributed by atoms with E-state index in [-0.39, 0.29) is 11.2 Å². The summed E-state index contributed by atoms with van der Waals surface area (Å²) in [4.78, 5) is 19.0. The van der Waals surface area contributed by atoms with Crippen LogP contribution in [0.25, 0.3) is 0 Å². The predicted molar refractivity (Wildman–Crippen MR) is 103 cm³/mol. The minimum absolute atomic E-state index is 0.00172. The van der Waals surface area contributed by atoms with E-state index in [0.29, 0.717) is 0 Å². The molecule has 6 heteroatoms. The van der Waals surface area contributed by atoms with Gasteiger partial charge in [-0.2, -0.15) is 0 Å². The van der Waals surface area contributed by atoms with E-state index in [1.165, 1.54) is 5.56 Å². The number of aromatic nitrogens is 1. The van der Waals surface area contributed by atoms with Crippen LogP contribution in [0.2, 0.25) is 0 Å². The number of pyridine rings is 1. The molecule has 1 aliphatic heterocycles. The second kappa shape index (κ2) is 8.87. The van der Waals surface area contributed by atoms with Gasteiger partial charge in [0.15, 0.2) is 0 Å². The Morgan fingerprint density at radius 3 is 2.68 bits per heavy atom. The van der Waals surface area contributed by atoms with Gasteiger partial charge in [0.05, 0.1) is 30.3 Å². The number of ether oxygens (including phenoxy) is 1. The van der Waals surface area contributed by atoms with Crippen LogP contribution in [0, 0.1) is 0 Å². The maximum absolute atomic E-state index is 12.3. The van der Waals surface area contributed by atoms with Crippen LogP contribution < -0.4 is 10.2 Å². The lowest BCUT2D eigenvalue weighted by Gasteiger charge is -2.27. The third kappa shape index (κ3) is 5.21. The molecule has 0 bridgehead atoms. The number of carbonyl (C=O) groups is 1. The Morgan fingerprint density at radius 1 is 1.24 bits per heavy atom. The zero-order chi connectivity index (χ0) is 17.5. The average molecular weight is 357 g/mol. The highest BCUT2D eigenvalue weighted by Crippen LogP contribution is 2.20. The van der Waals surface area contributed by atoms with Gasteiger partial charge in [-0.05, 0) is 24.6 Å². The highest BCUT2D eigenvalue weighted by Gasteiger charge is 2.15. The van der Waals surface area contributed by atoms with E-state index in [1.54, 1.807) is 18.0 Å². The molecule has 1 unspecified atom stereocenters. The summed E-state index contributed by atoms with van der Waals surface area (Å²) in [5.41, 5.74) is 1.96. The van der Waals surface area contributed by atoms with Gasteiger partial charge in [0.2, 0.25) is 5.91 Å². The second-order valence-electron chi connectivity index (χ2n) is 5.93. The first kappa shape index (κ1) is 17.8. The monoisotopic (exact) mass is 357 g/mol. The fourth-order valence-corrected chi connectivity index (χ4v) is 3.40. The molecule has 2 heterocycles. The molecule has 3 rings (SSSR count). The van der Waals surface area contributed by atoms with Crippen molar-refractivity contribution >= 4 is 29.2 Å². The number of morpholine rings is 1. The van der Waals surface area contributed by atoms with Gasteiger partial charge < -0.3 is 15.0 Å². The van der Waals surface area contributed by atoms with Crippen molar-refractivity contribution in [3.05, 3.63) is 54.2 Å². The lowest BCUT2D eigenvalue weighted by molar-refractivity contribution is -0.115. The zero-order valence-electron chi connectivity index (χ0n) is 14.4. The van der Waals surface area contributed by atoms with Crippen molar-refractivity contribution in [1.82, 2.24) is 4.98 Å². The first-order valence-corrected chi connectivity index (χ1v) is 9.52. The van der Waals surface area contributed by atoms with Crippen LogP contribution >= 0.6 is 11.8 Å². The van der Waals surface area contributed by atoms with E-state index in [4.69, 9.17) is 4.74 Å². The molecule has 1 N–H and O–H groups in total. The molecule has 1 aromatic carbocycles. The number of anilines is 2. The van der Waals surface area contributed by atoms with Crippen molar-refractivity contribution in [2.24, 2.45) is 0 Å². The van der Waals surface area contributed by atoms with Crippen LogP contribution in [0.5, 0.6) is 0 Å². The molecule has 1 atom stereocenters. The second-order valence-corrected chi connectivity index (χ2v) is 7.26. The number of nitrogens with zero attached hydrogens (tertiary/aromatic N) is 2. The van der Waals surface area contributed by atoms with Crippen LogP contribution in [0.15, 0.2) is 48.7 Å². The molecule has 25 heavy (non-hydrogen) atoms. The van der Waals surface area contributed by atoms with Gasteiger partial charge in [0, 0.05) is 18.8 Å². The topological polar surface area (TPSA) is 54.5 Å². The lowest BCUT2D eigenvalue weighted by Crippen LogP contribution is -2.36. The third-order valence-electron chi connectivity index (χ3n) is 4.06. The Kier molecular flexibility index (Phi) is 6.30. The summed E-state index contributed by atoms with van der Waals surface area (Å²) in [6.45, 7) is 5.10. The normalized spacial score (nSPS) is 15.6. The van der Waals surface area contributed by atoms with Gasteiger partial charge in [-0.1, -0.05) is 30.3 Å². The van der Waals surface area contributed by atoms with Gasteiger partial charge >= 0.3 is 0 Å². The van der Waals surface area contributed by atoms with Crippen LogP contribution in [0.1, 0.15) is 12.5 Å². The first-order valence-electron chi connectivity index (χ1n) is 8.47. The molecular weight excluding hydrogens is 334 g/mol. The molecule has 1 amide bonds. The van der Waals surface area contributed by atoms with Gasteiger partial charge in [-0.15, -0.1) is 11.8 Å². The molecule has 1 fully saturated rings. The van der Waals surface area contributed by atoms with Gasteiger partial charge in [-0.3, -0.25) is 4.79 Å². The van der Waals surface area contributed by atoms with Crippen LogP contribution in [-0.2, 0) is 15.3 Å². The molecule has 0 aliphatic carbocycles. The SMILES string of the molecule is CC(SCc1ccccc1)C(=O)Nc1ccc(N2CCOCC2)nc1. The van der Waals surface area contributed by atoms with Crippen LogP contribution in [-0.4, -0.2) is 42.4 Å². The van der Waals surface area contributed by atoms with Crippen molar-refractivity contribution in [3.63, 3.8) is 0 Å². The molecule has 0 radical (unpaired) electrons. The standard InChI is InChI=1S/C19H23N3O2S/c1-15(25-14-16-5-3-2-4-6-16)19(23)21-17-7-8-18(20-13-17)22-9-11-24-12-10-22/h2-8,13,15H,9-12,14H2,1H3,(H,21,23). The fraction of sp³-hybridized carbons (Fsp3) is 0.368. The average Bonchev–Trinajstić information content (AvgIpc) is 2.68. The van der Waals surface area contributed by atoms with E-state index in [0.717, 1.165) is 43.6 Å². The van der Waals surface area contributed by atoms with Crippen molar-refractivity contribution in [2.75, 3.05) is 36.5 Å². The van der Waals surface area contributed by atoms with Crippen molar-refractivity contribution < 1.29 is 9.53 Å². The fourth-order valence-electron chi connectivity index (χ4n) is 2.55. The maximum atomic E-state index is 12.3. The largest absolute Gasteiger partial charge is 0.378 e. The molecular formula is C19H23N3O2S. The highest BCUT2D eigenvalue weighted by molar-refractivity contribution is 7.99. The Bertz CT molecular complexity index is 673. The highest BCUT2D eigenvalue weighted by atomic mass is 32.2. The number of thioether (sulfide) groups is 1. The Labute approximate surface area is 152 Å².